The van der Waals surface area contributed by atoms with Crippen molar-refractivity contribution in [3.63, 3.8) is 0 Å². The third-order valence-electron chi connectivity index (χ3n) is 11.6. The Balaban J connectivity index is 1.31. The highest BCUT2D eigenvalue weighted by molar-refractivity contribution is 6.17. The summed E-state index contributed by atoms with van der Waals surface area (Å²) in [5.74, 6) is 0.729. The molecular formula is C51H33NO. The van der Waals surface area contributed by atoms with E-state index in [1.807, 2.05) is 6.08 Å². The van der Waals surface area contributed by atoms with Gasteiger partial charge in [0.05, 0.1) is 11.1 Å². The normalized spacial score (nSPS) is 13.2. The van der Waals surface area contributed by atoms with Crippen LogP contribution in [0.2, 0.25) is 0 Å². The van der Waals surface area contributed by atoms with E-state index in [-0.39, 0.29) is 0 Å². The van der Waals surface area contributed by atoms with E-state index in [4.69, 9.17) is 4.42 Å². The minimum atomic E-state index is -0.508. The fourth-order valence-electron chi connectivity index (χ4n) is 9.55. The van der Waals surface area contributed by atoms with Gasteiger partial charge in [-0.15, -0.1) is 0 Å². The van der Waals surface area contributed by atoms with Crippen LogP contribution >= 0.6 is 0 Å². The smallest absolute Gasteiger partial charge is 0.135 e. The molecular weight excluding hydrogens is 643 g/mol. The predicted octanol–water partition coefficient (Wildman–Crippen LogP) is 13.8. The molecule has 1 aromatic heterocycles. The third-order valence-corrected chi connectivity index (χ3v) is 11.6. The second-order valence-corrected chi connectivity index (χ2v) is 14.1. The molecule has 1 heterocycles. The van der Waals surface area contributed by atoms with Crippen molar-refractivity contribution >= 4 is 61.7 Å². The van der Waals surface area contributed by atoms with Gasteiger partial charge < -0.3 is 9.32 Å². The molecule has 0 bridgehead atoms. The molecule has 11 rings (SSSR count). The highest BCUT2D eigenvalue weighted by Gasteiger charge is 2.52. The monoisotopic (exact) mass is 675 g/mol. The maximum Gasteiger partial charge on any atom is 0.135 e. The topological polar surface area (TPSA) is 16.4 Å². The largest absolute Gasteiger partial charge is 0.456 e. The molecule has 0 radical (unpaired) electrons. The molecule has 0 atom stereocenters. The van der Waals surface area contributed by atoms with Gasteiger partial charge in [-0.3, -0.25) is 0 Å². The molecule has 0 saturated heterocycles. The van der Waals surface area contributed by atoms with Gasteiger partial charge in [0, 0.05) is 27.7 Å². The Kier molecular flexibility index (Phi) is 6.21. The summed E-state index contributed by atoms with van der Waals surface area (Å²) in [4.78, 5) is 2.41. The third kappa shape index (κ3) is 3.87. The van der Waals surface area contributed by atoms with Crippen LogP contribution in [0.25, 0.3) is 66.9 Å². The highest BCUT2D eigenvalue weighted by atomic mass is 16.3. The van der Waals surface area contributed by atoms with Crippen LogP contribution in [-0.4, -0.2) is 0 Å². The van der Waals surface area contributed by atoms with Crippen molar-refractivity contribution in [3.8, 4) is 22.3 Å². The predicted molar refractivity (Wildman–Crippen MR) is 222 cm³/mol. The quantitative estimate of drug-likeness (QED) is 0.181. The average Bonchev–Trinajstić information content (AvgIpc) is 3.85. The highest BCUT2D eigenvalue weighted by Crippen LogP contribution is 2.65. The molecule has 248 valence electrons. The Bertz CT molecular complexity index is 2950. The summed E-state index contributed by atoms with van der Waals surface area (Å²) in [7, 11) is 0. The van der Waals surface area contributed by atoms with E-state index in [2.05, 4.69) is 182 Å². The Labute approximate surface area is 308 Å². The first-order chi connectivity index (χ1) is 26.2. The minimum absolute atomic E-state index is 0.508. The Morgan fingerprint density at radius 3 is 1.85 bits per heavy atom. The lowest BCUT2D eigenvalue weighted by atomic mass is 9.70. The van der Waals surface area contributed by atoms with E-state index in [0.29, 0.717) is 0 Å². The number of rotatable bonds is 5. The van der Waals surface area contributed by atoms with Gasteiger partial charge in [-0.2, -0.15) is 0 Å². The molecule has 0 fully saturated rings. The van der Waals surface area contributed by atoms with Crippen LogP contribution < -0.4 is 4.90 Å². The van der Waals surface area contributed by atoms with Crippen LogP contribution in [0.5, 0.6) is 0 Å². The van der Waals surface area contributed by atoms with Crippen molar-refractivity contribution in [1.82, 2.24) is 0 Å². The van der Waals surface area contributed by atoms with Crippen LogP contribution in [0.3, 0.4) is 0 Å². The van der Waals surface area contributed by atoms with E-state index in [0.717, 1.165) is 39.4 Å². The molecule has 0 aliphatic heterocycles. The van der Waals surface area contributed by atoms with Crippen molar-refractivity contribution in [2.75, 3.05) is 4.90 Å². The lowest BCUT2D eigenvalue weighted by Gasteiger charge is -2.33. The molecule has 0 unspecified atom stereocenters. The molecule has 8 aromatic carbocycles. The summed E-state index contributed by atoms with van der Waals surface area (Å²) >= 11 is 0. The second-order valence-electron chi connectivity index (χ2n) is 14.1. The summed E-state index contributed by atoms with van der Waals surface area (Å²) in [6.45, 7) is 8.14. The van der Waals surface area contributed by atoms with E-state index in [1.165, 1.54) is 66.1 Å². The molecule has 2 aliphatic rings. The number of hydrogen-bond acceptors (Lipinski definition) is 2. The summed E-state index contributed by atoms with van der Waals surface area (Å²) in [6.07, 6.45) is 3.63. The average molecular weight is 676 g/mol. The maximum atomic E-state index is 6.21. The number of hydrogen-bond donors (Lipinski definition) is 0. The van der Waals surface area contributed by atoms with Gasteiger partial charge in [-0.25, -0.2) is 0 Å². The first-order valence-electron chi connectivity index (χ1n) is 18.2. The Morgan fingerprint density at radius 1 is 0.472 bits per heavy atom. The van der Waals surface area contributed by atoms with Gasteiger partial charge in [-0.1, -0.05) is 147 Å². The lowest BCUT2D eigenvalue weighted by Crippen LogP contribution is -2.26. The van der Waals surface area contributed by atoms with Crippen LogP contribution in [0.1, 0.15) is 33.6 Å². The molecule has 1 spiro atoms. The van der Waals surface area contributed by atoms with E-state index in [9.17, 15) is 0 Å². The van der Waals surface area contributed by atoms with Crippen molar-refractivity contribution in [2.24, 2.45) is 0 Å². The first kappa shape index (κ1) is 29.8. The number of nitrogens with zero attached hydrogens (tertiary/aromatic N) is 1. The summed E-state index contributed by atoms with van der Waals surface area (Å²) in [5, 5.41) is 5.96. The van der Waals surface area contributed by atoms with Crippen molar-refractivity contribution in [3.05, 3.63) is 211 Å². The first-order valence-corrected chi connectivity index (χ1v) is 18.2. The molecule has 0 N–H and O–H groups in total. The zero-order chi connectivity index (χ0) is 35.3. The molecule has 53 heavy (non-hydrogen) atoms. The van der Waals surface area contributed by atoms with Gasteiger partial charge >= 0.3 is 0 Å². The van der Waals surface area contributed by atoms with Gasteiger partial charge in [0.1, 0.15) is 11.3 Å². The van der Waals surface area contributed by atoms with Gasteiger partial charge in [0.2, 0.25) is 0 Å². The molecule has 2 nitrogen and oxygen atoms in total. The number of anilines is 3. The van der Waals surface area contributed by atoms with Crippen LogP contribution in [-0.2, 0) is 5.41 Å². The van der Waals surface area contributed by atoms with Crippen molar-refractivity contribution in [2.45, 2.75) is 5.41 Å². The zero-order valence-electron chi connectivity index (χ0n) is 29.0. The van der Waals surface area contributed by atoms with E-state index >= 15 is 0 Å². The summed E-state index contributed by atoms with van der Waals surface area (Å²) in [5.41, 5.74) is 15.0. The fourth-order valence-corrected chi connectivity index (χ4v) is 9.55. The van der Waals surface area contributed by atoms with E-state index < -0.39 is 5.41 Å². The number of para-hydroxylation sites is 1. The van der Waals surface area contributed by atoms with Crippen LogP contribution in [0.15, 0.2) is 181 Å². The number of furan rings is 1. The Hall–Kier alpha value is -6.90. The number of fused-ring (bicyclic) bond motifs is 15. The fraction of sp³-hybridized carbons (Fsp3) is 0.0196. The molecule has 9 aromatic rings. The van der Waals surface area contributed by atoms with Gasteiger partial charge in [0.25, 0.3) is 0 Å². The maximum absolute atomic E-state index is 6.21. The van der Waals surface area contributed by atoms with E-state index in [1.54, 1.807) is 6.08 Å². The minimum Gasteiger partial charge on any atom is -0.456 e. The van der Waals surface area contributed by atoms with Crippen LogP contribution in [0.4, 0.5) is 17.1 Å². The lowest BCUT2D eigenvalue weighted by molar-refractivity contribution is 0.603. The molecule has 0 saturated carbocycles. The molecule has 0 amide bonds. The van der Waals surface area contributed by atoms with Gasteiger partial charge in [-0.05, 0) is 103 Å². The summed E-state index contributed by atoms with van der Waals surface area (Å²) in [6, 6.07) is 60.3. The summed E-state index contributed by atoms with van der Waals surface area (Å²) < 4.78 is 6.21. The second kappa shape index (κ2) is 11.0. The zero-order valence-corrected chi connectivity index (χ0v) is 29.0. The van der Waals surface area contributed by atoms with Crippen molar-refractivity contribution in [1.29, 1.82) is 0 Å². The van der Waals surface area contributed by atoms with Crippen molar-refractivity contribution < 1.29 is 4.42 Å². The van der Waals surface area contributed by atoms with Gasteiger partial charge in [0.15, 0.2) is 0 Å². The Morgan fingerprint density at radius 2 is 1.11 bits per heavy atom. The number of benzene rings is 8. The molecule has 2 heteroatoms. The SMILES string of the molecule is C=Cc1oc2ccc(N(c3ccccc3)c3cc4c(c5ccccc35)-c3c(ccc5ccccc35)C43c4ccccc4-c4ccccc43)cc2c1C=C. The van der Waals surface area contributed by atoms with Crippen LogP contribution in [0, 0.1) is 0 Å². The molecule has 2 aliphatic carbocycles. The standard InChI is InChI=1S/C51H33NO/c1-3-35-41-30-34(27-29-48(41)53-47(35)4-2)52(33-17-6-5-7-18-33)46-31-45-50(40-23-11-10-22-39(40)46)49-36-19-9-8-16-32(36)26-28-44(49)51(45)42-24-14-12-20-37(42)38-21-13-15-25-43(38)51/h3-31H,1-2H2.